The molecule has 1 unspecified atom stereocenters. The van der Waals surface area contributed by atoms with Gasteiger partial charge in [0, 0.05) is 12.8 Å². The number of aliphatic hydroxyl groups excluding tert-OH is 1. The molecule has 1 atom stereocenters. The third-order valence-corrected chi connectivity index (χ3v) is 13.3. The van der Waals surface area contributed by atoms with Gasteiger partial charge in [-0.3, -0.25) is 9.59 Å². The molecule has 0 amide bonds. The van der Waals surface area contributed by atoms with Gasteiger partial charge in [0.05, 0.1) is 6.61 Å². The summed E-state index contributed by atoms with van der Waals surface area (Å²) in [4.78, 5) is 24.6. The van der Waals surface area contributed by atoms with Gasteiger partial charge in [-0.2, -0.15) is 0 Å². The Morgan fingerprint density at radius 2 is 0.581 bits per heavy atom. The summed E-state index contributed by atoms with van der Waals surface area (Å²) in [7, 11) is 0. The number of ether oxygens (including phenoxy) is 2. The van der Waals surface area contributed by atoms with Gasteiger partial charge in [0.2, 0.25) is 0 Å². The lowest BCUT2D eigenvalue weighted by atomic mass is 10.0. The van der Waals surface area contributed by atoms with Gasteiger partial charge in [-0.15, -0.1) is 0 Å². The van der Waals surface area contributed by atoms with Crippen molar-refractivity contribution in [1.82, 2.24) is 0 Å². The third-order valence-electron chi connectivity index (χ3n) is 13.3. The molecular weight excluding hydrogens is 909 g/mol. The zero-order chi connectivity index (χ0) is 53.4. The highest BCUT2D eigenvalue weighted by atomic mass is 16.6. The molecular formula is C69H116O5. The Hall–Kier alpha value is -3.70. The van der Waals surface area contributed by atoms with Crippen molar-refractivity contribution in [2.24, 2.45) is 0 Å². The molecule has 0 aromatic heterocycles. The zero-order valence-corrected chi connectivity index (χ0v) is 48.3. The van der Waals surface area contributed by atoms with E-state index in [0.717, 1.165) is 109 Å². The average Bonchev–Trinajstić information content (AvgIpc) is 3.40. The first-order valence-electron chi connectivity index (χ1n) is 31.1. The Kier molecular flexibility index (Phi) is 60.4. The summed E-state index contributed by atoms with van der Waals surface area (Å²) in [5.74, 6) is -0.595. The van der Waals surface area contributed by atoms with Crippen molar-refractivity contribution in [3.05, 3.63) is 122 Å². The second-order valence-electron chi connectivity index (χ2n) is 20.4. The van der Waals surface area contributed by atoms with Crippen LogP contribution in [0.4, 0.5) is 0 Å². The van der Waals surface area contributed by atoms with Gasteiger partial charge in [0.1, 0.15) is 6.61 Å². The minimum Gasteiger partial charge on any atom is -0.462 e. The fourth-order valence-electron chi connectivity index (χ4n) is 8.64. The summed E-state index contributed by atoms with van der Waals surface area (Å²) >= 11 is 0. The van der Waals surface area contributed by atoms with Gasteiger partial charge >= 0.3 is 11.9 Å². The Bertz CT molecular complexity index is 1490. The van der Waals surface area contributed by atoms with Crippen molar-refractivity contribution < 1.29 is 24.2 Å². The van der Waals surface area contributed by atoms with E-state index in [1.54, 1.807) is 0 Å². The Morgan fingerprint density at radius 3 is 0.878 bits per heavy atom. The normalized spacial score (nSPS) is 13.1. The van der Waals surface area contributed by atoms with Crippen LogP contribution in [0.15, 0.2) is 122 Å². The minimum absolute atomic E-state index is 0.0717. The third kappa shape index (κ3) is 60.9. The van der Waals surface area contributed by atoms with E-state index in [-0.39, 0.29) is 25.2 Å². The molecule has 0 aliphatic carbocycles. The van der Waals surface area contributed by atoms with Gasteiger partial charge in [0.25, 0.3) is 0 Å². The monoisotopic (exact) mass is 1020 g/mol. The van der Waals surface area contributed by atoms with E-state index in [9.17, 15) is 14.7 Å². The molecule has 74 heavy (non-hydrogen) atoms. The van der Waals surface area contributed by atoms with Crippen LogP contribution in [0.2, 0.25) is 0 Å². The highest BCUT2D eigenvalue weighted by Crippen LogP contribution is 2.16. The molecule has 0 spiro atoms. The van der Waals surface area contributed by atoms with Gasteiger partial charge in [-0.25, -0.2) is 0 Å². The van der Waals surface area contributed by atoms with Crippen LogP contribution in [0.25, 0.3) is 0 Å². The molecule has 0 saturated heterocycles. The summed E-state index contributed by atoms with van der Waals surface area (Å²) in [5.41, 5.74) is 0. The van der Waals surface area contributed by atoms with Gasteiger partial charge in [0.15, 0.2) is 6.10 Å². The molecule has 0 aliphatic rings. The van der Waals surface area contributed by atoms with Crippen LogP contribution in [-0.4, -0.2) is 36.4 Å². The molecule has 5 nitrogen and oxygen atoms in total. The van der Waals surface area contributed by atoms with Gasteiger partial charge < -0.3 is 14.6 Å². The first-order valence-corrected chi connectivity index (χ1v) is 31.1. The van der Waals surface area contributed by atoms with Crippen LogP contribution >= 0.6 is 0 Å². The number of unbranched alkanes of at least 4 members (excludes halogenated alkanes) is 28. The van der Waals surface area contributed by atoms with Crippen LogP contribution in [0.1, 0.15) is 284 Å². The number of hydrogen-bond donors (Lipinski definition) is 1. The number of carbonyl (C=O) groups is 2. The molecule has 422 valence electrons. The van der Waals surface area contributed by atoms with E-state index in [0.29, 0.717) is 12.8 Å². The van der Waals surface area contributed by atoms with Crippen LogP contribution < -0.4 is 0 Å². The molecule has 0 aromatic carbocycles. The number of allylic oxidation sites excluding steroid dienone is 20. The number of carbonyl (C=O) groups excluding carboxylic acids is 2. The number of esters is 2. The second-order valence-corrected chi connectivity index (χ2v) is 20.4. The maximum atomic E-state index is 12.3. The summed E-state index contributed by atoms with van der Waals surface area (Å²) in [6, 6.07) is 0. The molecule has 0 rings (SSSR count). The van der Waals surface area contributed by atoms with Crippen LogP contribution in [-0.2, 0) is 19.1 Å². The molecule has 0 aromatic rings. The predicted octanol–water partition coefficient (Wildman–Crippen LogP) is 21.4. The zero-order valence-electron chi connectivity index (χ0n) is 48.3. The minimum atomic E-state index is -0.783. The van der Waals surface area contributed by atoms with E-state index >= 15 is 0 Å². The highest BCUT2D eigenvalue weighted by molar-refractivity contribution is 5.70. The Labute approximate surface area is 458 Å². The first-order chi connectivity index (χ1) is 36.6. The topological polar surface area (TPSA) is 72.8 Å². The van der Waals surface area contributed by atoms with E-state index < -0.39 is 6.10 Å². The van der Waals surface area contributed by atoms with Gasteiger partial charge in [-0.1, -0.05) is 302 Å². The molecule has 0 bridgehead atoms. The molecule has 0 heterocycles. The highest BCUT2D eigenvalue weighted by Gasteiger charge is 2.16. The molecule has 0 radical (unpaired) electrons. The molecule has 1 N–H and O–H groups in total. The summed E-state index contributed by atoms with van der Waals surface area (Å²) in [6.45, 7) is 4.04. The van der Waals surface area contributed by atoms with Crippen molar-refractivity contribution in [2.75, 3.05) is 13.2 Å². The van der Waals surface area contributed by atoms with Gasteiger partial charge in [-0.05, 0) is 89.9 Å². The molecule has 0 saturated carbocycles. The maximum absolute atomic E-state index is 12.3. The number of aliphatic hydroxyl groups is 1. The van der Waals surface area contributed by atoms with Crippen LogP contribution in [0.5, 0.6) is 0 Å². The smallest absolute Gasteiger partial charge is 0.306 e. The Balaban J connectivity index is 3.57. The van der Waals surface area contributed by atoms with Crippen molar-refractivity contribution in [1.29, 1.82) is 0 Å². The standard InChI is InChI=1S/C69H116O5/c1-3-5-7-9-11-13-15-17-19-21-23-25-26-27-28-29-30-31-32-33-34-35-36-37-38-39-40-41-42-44-46-48-50-52-54-56-58-60-62-64-69(72)74-67(65-70)66-73-68(71)63-61-59-57-55-53-51-49-47-45-43-24-22-20-18-16-14-12-10-8-6-4-2/h5,7,11,13,17,19,23,25,27-28,30-31,33-34,36-37,39-40,42,44,67,70H,3-4,6,8-10,12,14-16,18,20-22,24,26,29,32,35,38,41,43,45-66H2,1-2H3/b7-5-,13-11-,19-17-,25-23-,28-27-,31-30-,34-33-,37-36-,40-39-,44-42-. The van der Waals surface area contributed by atoms with Crippen molar-refractivity contribution in [3.63, 3.8) is 0 Å². The number of rotatable bonds is 56. The SMILES string of the molecule is CC/C=C\C/C=C\C/C=C\C/C=C\C/C=C\C/C=C\C/C=C\C/C=C\C/C=C\C/C=C\CCCCCCCCCCC(=O)OC(CO)COC(=O)CCCCCCCCCCCCCCCCCCCCCCC. The Morgan fingerprint density at radius 1 is 0.324 bits per heavy atom. The van der Waals surface area contributed by atoms with E-state index in [1.807, 2.05) is 0 Å². The fourth-order valence-corrected chi connectivity index (χ4v) is 8.64. The fraction of sp³-hybridized carbons (Fsp3) is 0.681. The van der Waals surface area contributed by atoms with Crippen LogP contribution in [0, 0.1) is 0 Å². The number of hydrogen-bond acceptors (Lipinski definition) is 5. The maximum Gasteiger partial charge on any atom is 0.306 e. The van der Waals surface area contributed by atoms with Crippen molar-refractivity contribution in [2.45, 2.75) is 290 Å². The summed E-state index contributed by atoms with van der Waals surface area (Å²) in [5, 5.41) is 9.67. The van der Waals surface area contributed by atoms with E-state index in [2.05, 4.69) is 135 Å². The van der Waals surface area contributed by atoms with E-state index in [1.165, 1.54) is 148 Å². The molecule has 0 fully saturated rings. The quantitative estimate of drug-likeness (QED) is 0.0373. The largest absolute Gasteiger partial charge is 0.462 e. The van der Waals surface area contributed by atoms with Crippen molar-refractivity contribution >= 4 is 11.9 Å². The first kappa shape index (κ1) is 70.3. The van der Waals surface area contributed by atoms with Crippen molar-refractivity contribution in [3.8, 4) is 0 Å². The average molecular weight is 1030 g/mol. The predicted molar refractivity (Wildman–Crippen MR) is 325 cm³/mol. The summed E-state index contributed by atoms with van der Waals surface area (Å²) in [6.07, 6.45) is 93.3. The molecule has 5 heteroatoms. The second kappa shape index (κ2) is 63.6. The summed E-state index contributed by atoms with van der Waals surface area (Å²) < 4.78 is 10.7. The lowest BCUT2D eigenvalue weighted by molar-refractivity contribution is -0.161. The lowest BCUT2D eigenvalue weighted by Gasteiger charge is -2.15. The van der Waals surface area contributed by atoms with E-state index in [4.69, 9.17) is 9.47 Å². The lowest BCUT2D eigenvalue weighted by Crippen LogP contribution is -2.28. The van der Waals surface area contributed by atoms with Crippen LogP contribution in [0.3, 0.4) is 0 Å². The molecule has 0 aliphatic heterocycles.